The van der Waals surface area contributed by atoms with Gasteiger partial charge in [-0.15, -0.1) is 0 Å². The van der Waals surface area contributed by atoms with Crippen molar-refractivity contribution in [3.63, 3.8) is 0 Å². The van der Waals surface area contributed by atoms with Crippen LogP contribution >= 0.6 is 0 Å². The fraction of sp³-hybridized carbons (Fsp3) is 0.684. The number of ether oxygens (including phenoxy) is 1. The van der Waals surface area contributed by atoms with Gasteiger partial charge in [-0.2, -0.15) is 0 Å². The Bertz CT molecular complexity index is 1260. The molecule has 0 fully saturated rings. The molecule has 0 spiro atoms. The standard InChI is InChI=1S/C57H97NO5/c1-4-7-10-13-16-19-22-24-26-28-29-31-34-36-39-42-45-48-53(63-57(62)50-47-44-41-38-35-32-30-27-25-23-20-17-14-11-8-5-2)51-56(61)58-54(52-59)55(60)49-46-43-40-37-33-21-18-15-12-9-6-3/h7-8,10-11,16-17,19-20,24-27,29,31,36,39,53-55,59-60H,4-6,9,12-15,18,21-23,28,30,32-35,37-38,40-52H2,1-3H3,(H,58,61)/b10-7-,11-8+,19-16-,20-17+,26-24-,27-25+,31-29-,39-36-. The maximum absolute atomic E-state index is 13.2. The van der Waals surface area contributed by atoms with Crippen LogP contribution in [0.1, 0.15) is 226 Å². The minimum Gasteiger partial charge on any atom is -0.462 e. The van der Waals surface area contributed by atoms with Crippen LogP contribution in [-0.2, 0) is 14.3 Å². The van der Waals surface area contributed by atoms with E-state index in [-0.39, 0.29) is 24.9 Å². The maximum atomic E-state index is 13.2. The minimum atomic E-state index is -0.810. The number of esters is 1. The molecule has 6 heteroatoms. The first-order chi connectivity index (χ1) is 31.0. The number of nitrogens with one attached hydrogen (secondary N) is 1. The first-order valence-electron chi connectivity index (χ1n) is 26.0. The second kappa shape index (κ2) is 49.8. The summed E-state index contributed by atoms with van der Waals surface area (Å²) in [7, 11) is 0. The van der Waals surface area contributed by atoms with Crippen LogP contribution in [0.4, 0.5) is 0 Å². The van der Waals surface area contributed by atoms with Crippen LogP contribution in [0.25, 0.3) is 0 Å². The summed E-state index contributed by atoms with van der Waals surface area (Å²) in [6, 6.07) is -0.727. The van der Waals surface area contributed by atoms with E-state index in [0.29, 0.717) is 19.3 Å². The highest BCUT2D eigenvalue weighted by Gasteiger charge is 2.24. The van der Waals surface area contributed by atoms with Gasteiger partial charge >= 0.3 is 5.97 Å². The van der Waals surface area contributed by atoms with Crippen molar-refractivity contribution in [1.82, 2.24) is 5.32 Å². The Morgan fingerprint density at radius 3 is 1.33 bits per heavy atom. The van der Waals surface area contributed by atoms with Crippen LogP contribution in [0.3, 0.4) is 0 Å². The highest BCUT2D eigenvalue weighted by atomic mass is 16.5. The Hall–Kier alpha value is -3.22. The lowest BCUT2D eigenvalue weighted by molar-refractivity contribution is -0.151. The second-order valence-electron chi connectivity index (χ2n) is 17.2. The number of carbonyl (C=O) groups is 2. The number of allylic oxidation sites excluding steroid dienone is 16. The lowest BCUT2D eigenvalue weighted by Gasteiger charge is -2.24. The molecule has 0 aliphatic rings. The van der Waals surface area contributed by atoms with Crippen molar-refractivity contribution in [2.45, 2.75) is 244 Å². The van der Waals surface area contributed by atoms with Crippen molar-refractivity contribution in [2.24, 2.45) is 0 Å². The number of unbranched alkanes of at least 4 members (excludes halogenated alkanes) is 17. The summed E-state index contributed by atoms with van der Waals surface area (Å²) in [6.45, 7) is 6.23. The highest BCUT2D eigenvalue weighted by molar-refractivity contribution is 5.77. The first-order valence-corrected chi connectivity index (χ1v) is 26.0. The van der Waals surface area contributed by atoms with E-state index in [0.717, 1.165) is 109 Å². The molecule has 0 aliphatic carbocycles. The van der Waals surface area contributed by atoms with Gasteiger partial charge in [-0.1, -0.05) is 214 Å². The smallest absolute Gasteiger partial charge is 0.306 e. The van der Waals surface area contributed by atoms with E-state index in [4.69, 9.17) is 4.74 Å². The van der Waals surface area contributed by atoms with Gasteiger partial charge in [0.2, 0.25) is 5.91 Å². The zero-order chi connectivity index (χ0) is 45.9. The first kappa shape index (κ1) is 59.8. The molecule has 0 radical (unpaired) electrons. The molecule has 3 atom stereocenters. The average Bonchev–Trinajstić information content (AvgIpc) is 3.28. The zero-order valence-electron chi connectivity index (χ0n) is 40.9. The fourth-order valence-electron chi connectivity index (χ4n) is 7.30. The molecule has 0 aromatic heterocycles. The van der Waals surface area contributed by atoms with Gasteiger partial charge in [0, 0.05) is 6.42 Å². The molecule has 6 nitrogen and oxygen atoms in total. The molecule has 0 bridgehead atoms. The van der Waals surface area contributed by atoms with Crippen molar-refractivity contribution in [1.29, 1.82) is 0 Å². The van der Waals surface area contributed by atoms with Crippen molar-refractivity contribution >= 4 is 11.9 Å². The molecular formula is C57H97NO5. The third kappa shape index (κ3) is 45.2. The summed E-state index contributed by atoms with van der Waals surface area (Å²) in [5.74, 6) is -0.552. The van der Waals surface area contributed by atoms with Gasteiger partial charge in [0.05, 0.1) is 25.2 Å². The Labute approximate surface area is 388 Å². The van der Waals surface area contributed by atoms with E-state index >= 15 is 0 Å². The summed E-state index contributed by atoms with van der Waals surface area (Å²) in [5.41, 5.74) is 0. The van der Waals surface area contributed by atoms with Gasteiger partial charge in [0.15, 0.2) is 0 Å². The molecule has 0 rings (SSSR count). The molecule has 3 unspecified atom stereocenters. The maximum Gasteiger partial charge on any atom is 0.306 e. The molecule has 63 heavy (non-hydrogen) atoms. The van der Waals surface area contributed by atoms with E-state index in [1.807, 2.05) is 0 Å². The van der Waals surface area contributed by atoms with Crippen LogP contribution in [-0.4, -0.2) is 46.9 Å². The number of hydrogen-bond donors (Lipinski definition) is 3. The SMILES string of the molecule is CC/C=C\C/C=C\C/C=C\C/C=C\C/C=C\CCCC(CC(=O)NC(CO)C(O)CCCCCCCCCCCCC)OC(=O)CCCCCCCC/C=C/C/C=C/C/C=C/CC. The molecule has 3 N–H and O–H groups in total. The lowest BCUT2D eigenvalue weighted by atomic mass is 10.0. The normalized spacial score (nSPS) is 14.0. The number of aliphatic hydroxyl groups excluding tert-OH is 2. The fourth-order valence-corrected chi connectivity index (χ4v) is 7.30. The van der Waals surface area contributed by atoms with Gasteiger partial charge in [-0.05, 0) is 96.3 Å². The number of rotatable bonds is 45. The van der Waals surface area contributed by atoms with Gasteiger partial charge in [-0.3, -0.25) is 9.59 Å². The van der Waals surface area contributed by atoms with Crippen LogP contribution in [0.2, 0.25) is 0 Å². The van der Waals surface area contributed by atoms with E-state index in [9.17, 15) is 19.8 Å². The van der Waals surface area contributed by atoms with Crippen molar-refractivity contribution in [3.8, 4) is 0 Å². The third-order valence-corrected chi connectivity index (χ3v) is 11.2. The monoisotopic (exact) mass is 876 g/mol. The van der Waals surface area contributed by atoms with Gasteiger partial charge < -0.3 is 20.3 Å². The number of aliphatic hydroxyl groups is 2. The molecule has 1 amide bonds. The summed E-state index contributed by atoms with van der Waals surface area (Å²) >= 11 is 0. The van der Waals surface area contributed by atoms with Crippen LogP contribution in [0.5, 0.6) is 0 Å². The number of hydrogen-bond acceptors (Lipinski definition) is 5. The molecule has 0 heterocycles. The van der Waals surface area contributed by atoms with E-state index < -0.39 is 18.2 Å². The minimum absolute atomic E-state index is 0.0279. The Morgan fingerprint density at radius 1 is 0.476 bits per heavy atom. The Morgan fingerprint density at radius 2 is 0.873 bits per heavy atom. The van der Waals surface area contributed by atoms with Gasteiger partial charge in [0.1, 0.15) is 6.10 Å². The van der Waals surface area contributed by atoms with Gasteiger partial charge in [-0.25, -0.2) is 0 Å². The molecule has 0 aliphatic heterocycles. The molecule has 0 saturated heterocycles. The Balaban J connectivity index is 4.74. The van der Waals surface area contributed by atoms with E-state index in [2.05, 4.69) is 123 Å². The average molecular weight is 876 g/mol. The molecule has 0 aromatic rings. The van der Waals surface area contributed by atoms with Gasteiger partial charge in [0.25, 0.3) is 0 Å². The highest BCUT2D eigenvalue weighted by Crippen LogP contribution is 2.16. The lowest BCUT2D eigenvalue weighted by Crippen LogP contribution is -2.46. The largest absolute Gasteiger partial charge is 0.462 e. The summed E-state index contributed by atoms with van der Waals surface area (Å²) in [6.07, 6.45) is 66.1. The summed E-state index contributed by atoms with van der Waals surface area (Å²) in [5, 5.41) is 23.7. The van der Waals surface area contributed by atoms with Crippen molar-refractivity contribution in [2.75, 3.05) is 6.61 Å². The molecule has 360 valence electrons. The van der Waals surface area contributed by atoms with Crippen molar-refractivity contribution < 1.29 is 24.5 Å². The molecular weight excluding hydrogens is 779 g/mol. The summed E-state index contributed by atoms with van der Waals surface area (Å²) < 4.78 is 5.90. The molecule has 0 saturated carbocycles. The summed E-state index contributed by atoms with van der Waals surface area (Å²) in [4.78, 5) is 26.2. The Kier molecular flexibility index (Phi) is 47.2. The predicted octanol–water partition coefficient (Wildman–Crippen LogP) is 15.7. The zero-order valence-corrected chi connectivity index (χ0v) is 40.9. The van der Waals surface area contributed by atoms with Crippen LogP contribution in [0, 0.1) is 0 Å². The second-order valence-corrected chi connectivity index (χ2v) is 17.2. The van der Waals surface area contributed by atoms with E-state index in [1.54, 1.807) is 0 Å². The quantitative estimate of drug-likeness (QED) is 0.0322. The predicted molar refractivity (Wildman–Crippen MR) is 273 cm³/mol. The third-order valence-electron chi connectivity index (χ3n) is 11.2. The van der Waals surface area contributed by atoms with E-state index in [1.165, 1.54) is 70.6 Å². The molecule has 0 aromatic carbocycles. The number of amides is 1. The van der Waals surface area contributed by atoms with Crippen molar-refractivity contribution in [3.05, 3.63) is 97.2 Å². The van der Waals surface area contributed by atoms with Crippen LogP contribution in [0.15, 0.2) is 97.2 Å². The topological polar surface area (TPSA) is 95.9 Å². The number of carbonyl (C=O) groups excluding carboxylic acids is 2. The van der Waals surface area contributed by atoms with Crippen LogP contribution < -0.4 is 5.32 Å².